The van der Waals surface area contributed by atoms with E-state index in [-0.39, 0.29) is 10.5 Å². The molecule has 0 fully saturated rings. The van der Waals surface area contributed by atoms with Crippen LogP contribution in [0.2, 0.25) is 0 Å². The number of anilines is 1. The summed E-state index contributed by atoms with van der Waals surface area (Å²) in [5, 5.41) is 5.74. The lowest BCUT2D eigenvalue weighted by molar-refractivity contribution is 0.0981. The standard InChI is InChI=1S/C18H16N4O4S/c1-19-18(24)21-14-6-8-15(9-7-14)27(25,26)22-17(23)13-5-4-12-3-2-10-20-16(12)11-13/h2-11H,1H3,(H,22,23)(H2,19,21,24). The van der Waals surface area contributed by atoms with E-state index in [9.17, 15) is 18.0 Å². The lowest BCUT2D eigenvalue weighted by Gasteiger charge is -2.09. The van der Waals surface area contributed by atoms with Gasteiger partial charge in [-0.3, -0.25) is 9.78 Å². The van der Waals surface area contributed by atoms with Gasteiger partial charge in [-0.15, -0.1) is 0 Å². The zero-order valence-corrected chi connectivity index (χ0v) is 15.1. The van der Waals surface area contributed by atoms with E-state index in [0.717, 1.165) is 5.39 Å². The molecule has 0 unspecified atom stereocenters. The number of aromatic nitrogens is 1. The van der Waals surface area contributed by atoms with Gasteiger partial charge in [0.1, 0.15) is 0 Å². The highest BCUT2D eigenvalue weighted by Crippen LogP contribution is 2.16. The van der Waals surface area contributed by atoms with Crippen LogP contribution in [0.15, 0.2) is 65.7 Å². The van der Waals surface area contributed by atoms with Crippen molar-refractivity contribution in [2.75, 3.05) is 12.4 Å². The summed E-state index contributed by atoms with van der Waals surface area (Å²) >= 11 is 0. The number of carbonyl (C=O) groups excluding carboxylic acids is 2. The fourth-order valence-electron chi connectivity index (χ4n) is 2.36. The molecule has 9 heteroatoms. The molecule has 0 aliphatic heterocycles. The molecule has 0 bridgehead atoms. The average molecular weight is 384 g/mol. The predicted molar refractivity (Wildman–Crippen MR) is 101 cm³/mol. The Morgan fingerprint density at radius 1 is 1.00 bits per heavy atom. The number of carbonyl (C=O) groups is 2. The molecule has 0 saturated heterocycles. The fourth-order valence-corrected chi connectivity index (χ4v) is 3.33. The molecule has 3 amide bonds. The van der Waals surface area contributed by atoms with Crippen molar-refractivity contribution in [3.8, 4) is 0 Å². The molecule has 1 aromatic heterocycles. The number of hydrogen-bond donors (Lipinski definition) is 3. The third-order valence-electron chi connectivity index (χ3n) is 3.74. The first kappa shape index (κ1) is 18.3. The lowest BCUT2D eigenvalue weighted by atomic mass is 10.1. The van der Waals surface area contributed by atoms with Crippen molar-refractivity contribution in [1.82, 2.24) is 15.0 Å². The lowest BCUT2D eigenvalue weighted by Crippen LogP contribution is -2.30. The zero-order chi connectivity index (χ0) is 19.4. The van der Waals surface area contributed by atoms with Gasteiger partial charge in [-0.25, -0.2) is 17.9 Å². The second-order valence-electron chi connectivity index (χ2n) is 5.57. The van der Waals surface area contributed by atoms with Crippen molar-refractivity contribution >= 4 is 38.6 Å². The van der Waals surface area contributed by atoms with Gasteiger partial charge in [0.25, 0.3) is 15.9 Å². The first-order chi connectivity index (χ1) is 12.9. The van der Waals surface area contributed by atoms with Crippen molar-refractivity contribution in [3.05, 3.63) is 66.4 Å². The largest absolute Gasteiger partial charge is 0.341 e. The Morgan fingerprint density at radius 2 is 1.74 bits per heavy atom. The molecule has 0 aliphatic carbocycles. The maximum absolute atomic E-state index is 12.4. The zero-order valence-electron chi connectivity index (χ0n) is 14.3. The smallest absolute Gasteiger partial charge is 0.318 e. The van der Waals surface area contributed by atoms with E-state index in [2.05, 4.69) is 15.6 Å². The molecule has 0 atom stereocenters. The van der Waals surface area contributed by atoms with E-state index < -0.39 is 22.0 Å². The molecule has 0 spiro atoms. The number of amides is 3. The monoisotopic (exact) mass is 384 g/mol. The van der Waals surface area contributed by atoms with Crippen molar-refractivity contribution in [3.63, 3.8) is 0 Å². The highest BCUT2D eigenvalue weighted by Gasteiger charge is 2.19. The van der Waals surface area contributed by atoms with Crippen LogP contribution in [0, 0.1) is 0 Å². The summed E-state index contributed by atoms with van der Waals surface area (Å²) in [6, 6.07) is 13.4. The third kappa shape index (κ3) is 4.21. The van der Waals surface area contributed by atoms with Gasteiger partial charge in [0.15, 0.2) is 0 Å². The van der Waals surface area contributed by atoms with Crippen LogP contribution in [-0.2, 0) is 10.0 Å². The predicted octanol–water partition coefficient (Wildman–Crippen LogP) is 2.10. The minimum atomic E-state index is -4.06. The summed E-state index contributed by atoms with van der Waals surface area (Å²) in [6.07, 6.45) is 1.59. The summed E-state index contributed by atoms with van der Waals surface area (Å²) in [7, 11) is -2.60. The van der Waals surface area contributed by atoms with Gasteiger partial charge in [-0.1, -0.05) is 12.1 Å². The van der Waals surface area contributed by atoms with Gasteiger partial charge < -0.3 is 10.6 Å². The van der Waals surface area contributed by atoms with E-state index in [1.165, 1.54) is 43.4 Å². The first-order valence-electron chi connectivity index (χ1n) is 7.90. The molecule has 3 aromatic rings. The number of benzene rings is 2. The van der Waals surface area contributed by atoms with Gasteiger partial charge in [0.05, 0.1) is 10.4 Å². The summed E-state index contributed by atoms with van der Waals surface area (Å²) in [4.78, 5) is 27.7. The first-order valence-corrected chi connectivity index (χ1v) is 9.38. The van der Waals surface area contributed by atoms with Crippen LogP contribution in [-0.4, -0.2) is 32.4 Å². The quantitative estimate of drug-likeness (QED) is 0.637. The summed E-state index contributed by atoms with van der Waals surface area (Å²) < 4.78 is 26.9. The van der Waals surface area contributed by atoms with Crippen LogP contribution in [0.4, 0.5) is 10.5 Å². The molecule has 2 aromatic carbocycles. The molecule has 3 N–H and O–H groups in total. The second kappa shape index (κ2) is 7.42. The Bertz CT molecular complexity index is 1110. The van der Waals surface area contributed by atoms with Crippen LogP contribution < -0.4 is 15.4 Å². The van der Waals surface area contributed by atoms with Crippen LogP contribution in [0.25, 0.3) is 10.9 Å². The topological polar surface area (TPSA) is 117 Å². The molecule has 0 aliphatic rings. The maximum atomic E-state index is 12.4. The molecule has 0 saturated carbocycles. The Balaban J connectivity index is 1.78. The van der Waals surface area contributed by atoms with E-state index in [1.54, 1.807) is 18.3 Å². The second-order valence-corrected chi connectivity index (χ2v) is 7.26. The summed E-state index contributed by atoms with van der Waals surface area (Å²) in [5.41, 5.74) is 1.19. The fraction of sp³-hybridized carbons (Fsp3) is 0.0556. The number of sulfonamides is 1. The molecule has 1 heterocycles. The van der Waals surface area contributed by atoms with E-state index >= 15 is 0 Å². The Labute approximate surface area is 155 Å². The molecule has 138 valence electrons. The van der Waals surface area contributed by atoms with Crippen LogP contribution >= 0.6 is 0 Å². The molecular formula is C18H16N4O4S. The average Bonchev–Trinajstić information content (AvgIpc) is 2.67. The summed E-state index contributed by atoms with van der Waals surface area (Å²) in [6.45, 7) is 0. The van der Waals surface area contributed by atoms with Crippen molar-refractivity contribution in [2.24, 2.45) is 0 Å². The van der Waals surface area contributed by atoms with Crippen molar-refractivity contribution < 1.29 is 18.0 Å². The Morgan fingerprint density at radius 3 is 2.44 bits per heavy atom. The molecular weight excluding hydrogens is 368 g/mol. The van der Waals surface area contributed by atoms with Crippen LogP contribution in [0.3, 0.4) is 0 Å². The third-order valence-corrected chi connectivity index (χ3v) is 5.09. The normalized spacial score (nSPS) is 11.0. The number of rotatable bonds is 4. The summed E-state index contributed by atoms with van der Waals surface area (Å²) in [5.74, 6) is -0.755. The molecule has 8 nitrogen and oxygen atoms in total. The Kier molecular flexibility index (Phi) is 5.04. The number of hydrogen-bond acceptors (Lipinski definition) is 5. The van der Waals surface area contributed by atoms with Gasteiger partial charge in [0.2, 0.25) is 0 Å². The van der Waals surface area contributed by atoms with E-state index in [0.29, 0.717) is 11.2 Å². The molecule has 0 radical (unpaired) electrons. The number of pyridine rings is 1. The van der Waals surface area contributed by atoms with Crippen LogP contribution in [0.1, 0.15) is 10.4 Å². The van der Waals surface area contributed by atoms with Crippen LogP contribution in [0.5, 0.6) is 0 Å². The maximum Gasteiger partial charge on any atom is 0.318 e. The SMILES string of the molecule is CNC(=O)Nc1ccc(S(=O)(=O)NC(=O)c2ccc3cccnc3c2)cc1. The molecule has 27 heavy (non-hydrogen) atoms. The number of urea groups is 1. The minimum Gasteiger partial charge on any atom is -0.341 e. The van der Waals surface area contributed by atoms with E-state index in [1.807, 2.05) is 10.8 Å². The van der Waals surface area contributed by atoms with Crippen molar-refractivity contribution in [1.29, 1.82) is 0 Å². The van der Waals surface area contributed by atoms with Gasteiger partial charge in [0, 0.05) is 29.9 Å². The van der Waals surface area contributed by atoms with Crippen molar-refractivity contribution in [2.45, 2.75) is 4.90 Å². The van der Waals surface area contributed by atoms with Gasteiger partial charge in [-0.05, 0) is 42.5 Å². The Hall–Kier alpha value is -3.46. The van der Waals surface area contributed by atoms with E-state index in [4.69, 9.17) is 0 Å². The number of nitrogens with one attached hydrogen (secondary N) is 3. The van der Waals surface area contributed by atoms with Gasteiger partial charge in [-0.2, -0.15) is 0 Å². The number of nitrogens with zero attached hydrogens (tertiary/aromatic N) is 1. The number of fused-ring (bicyclic) bond motifs is 1. The minimum absolute atomic E-state index is 0.0998. The van der Waals surface area contributed by atoms with Gasteiger partial charge >= 0.3 is 6.03 Å². The molecule has 3 rings (SSSR count). The highest BCUT2D eigenvalue weighted by molar-refractivity contribution is 7.90. The highest BCUT2D eigenvalue weighted by atomic mass is 32.2.